The van der Waals surface area contributed by atoms with Gasteiger partial charge >= 0.3 is 0 Å². The van der Waals surface area contributed by atoms with Gasteiger partial charge in [-0.3, -0.25) is 4.79 Å². The van der Waals surface area contributed by atoms with Crippen LogP contribution >= 0.6 is 0 Å². The van der Waals surface area contributed by atoms with Crippen LogP contribution in [0.3, 0.4) is 0 Å². The van der Waals surface area contributed by atoms with Crippen LogP contribution in [0.4, 0.5) is 0 Å². The molecular formula is C32H22N4O2. The fourth-order valence-electron chi connectivity index (χ4n) is 4.89. The number of benzene rings is 4. The van der Waals surface area contributed by atoms with Gasteiger partial charge in [0.15, 0.2) is 5.76 Å². The zero-order valence-corrected chi connectivity index (χ0v) is 20.4. The maximum atomic E-state index is 13.6. The number of hydrogen-bond donors (Lipinski definition) is 0. The zero-order chi connectivity index (χ0) is 25.5. The maximum absolute atomic E-state index is 13.6. The van der Waals surface area contributed by atoms with Crippen molar-refractivity contribution in [3.8, 4) is 11.6 Å². The van der Waals surface area contributed by atoms with Gasteiger partial charge in [0.25, 0.3) is 5.56 Å². The molecule has 0 saturated carbocycles. The summed E-state index contributed by atoms with van der Waals surface area (Å²) in [6.07, 6.45) is 3.80. The van der Waals surface area contributed by atoms with Crippen molar-refractivity contribution in [3.63, 3.8) is 0 Å². The molecule has 0 spiro atoms. The van der Waals surface area contributed by atoms with Crippen molar-refractivity contribution in [2.75, 3.05) is 0 Å². The van der Waals surface area contributed by atoms with Gasteiger partial charge in [-0.2, -0.15) is 9.78 Å². The Kier molecular flexibility index (Phi) is 5.22. The van der Waals surface area contributed by atoms with Crippen LogP contribution in [0.2, 0.25) is 0 Å². The molecule has 0 bridgehead atoms. The third kappa shape index (κ3) is 3.79. The largest absolute Gasteiger partial charge is 0.453 e. The number of hydrogen-bond acceptors (Lipinski definition) is 4. The molecule has 38 heavy (non-hydrogen) atoms. The van der Waals surface area contributed by atoms with E-state index in [1.807, 2.05) is 78.9 Å². The lowest BCUT2D eigenvalue weighted by Gasteiger charge is -2.07. The van der Waals surface area contributed by atoms with Crippen molar-refractivity contribution in [2.24, 2.45) is 5.10 Å². The molecule has 6 heteroatoms. The second-order valence-corrected chi connectivity index (χ2v) is 9.18. The van der Waals surface area contributed by atoms with Crippen LogP contribution in [0.15, 0.2) is 130 Å². The van der Waals surface area contributed by atoms with Crippen molar-refractivity contribution in [1.29, 1.82) is 0 Å². The molecule has 0 N–H and O–H groups in total. The lowest BCUT2D eigenvalue weighted by Crippen LogP contribution is -2.20. The first-order valence-corrected chi connectivity index (χ1v) is 12.4. The molecule has 7 rings (SSSR count). The van der Waals surface area contributed by atoms with Gasteiger partial charge in [0.05, 0.1) is 17.1 Å². The first-order valence-electron chi connectivity index (χ1n) is 12.4. The van der Waals surface area contributed by atoms with E-state index in [-0.39, 0.29) is 5.56 Å². The Labute approximate surface area is 217 Å². The average molecular weight is 495 g/mol. The molecule has 0 fully saturated rings. The van der Waals surface area contributed by atoms with Crippen molar-refractivity contribution in [2.45, 2.75) is 6.54 Å². The van der Waals surface area contributed by atoms with Gasteiger partial charge < -0.3 is 8.98 Å². The molecule has 0 aliphatic heterocycles. The van der Waals surface area contributed by atoms with Gasteiger partial charge in [0.1, 0.15) is 5.58 Å². The second-order valence-electron chi connectivity index (χ2n) is 9.18. The van der Waals surface area contributed by atoms with Crippen LogP contribution in [0, 0.1) is 0 Å². The van der Waals surface area contributed by atoms with E-state index in [0.29, 0.717) is 22.5 Å². The Hall–Kier alpha value is -5.23. The second kappa shape index (κ2) is 9.01. The monoisotopic (exact) mass is 494 g/mol. The average Bonchev–Trinajstić information content (AvgIpc) is 3.55. The van der Waals surface area contributed by atoms with E-state index >= 15 is 0 Å². The van der Waals surface area contributed by atoms with E-state index in [1.54, 1.807) is 12.3 Å². The SMILES string of the molecule is O=c1c2ccccc2nc(-c2cc3ccccc3o2)n1N=Cc1cn(Cc2ccccc2)c2ccccc12. The molecule has 0 amide bonds. The highest BCUT2D eigenvalue weighted by Gasteiger charge is 2.16. The van der Waals surface area contributed by atoms with Crippen molar-refractivity contribution in [1.82, 2.24) is 14.2 Å². The minimum atomic E-state index is -0.254. The number of fused-ring (bicyclic) bond motifs is 3. The standard InChI is InChI=1S/C32H22N4O2/c37-32-26-14-5-7-15-27(26)34-31(30-18-23-12-4-9-17-29(23)38-30)36(32)33-19-24-21-35(20-22-10-2-1-3-11-22)28-16-8-6-13-25(24)28/h1-19,21H,20H2. The zero-order valence-electron chi connectivity index (χ0n) is 20.4. The van der Waals surface area contributed by atoms with Crippen molar-refractivity contribution < 1.29 is 4.42 Å². The van der Waals surface area contributed by atoms with E-state index in [0.717, 1.165) is 34.0 Å². The van der Waals surface area contributed by atoms with E-state index in [2.05, 4.69) is 40.1 Å². The highest BCUT2D eigenvalue weighted by Crippen LogP contribution is 2.27. The fraction of sp³-hybridized carbons (Fsp3) is 0.0312. The van der Waals surface area contributed by atoms with Crippen LogP contribution < -0.4 is 5.56 Å². The number of aromatic nitrogens is 3. The summed E-state index contributed by atoms with van der Waals surface area (Å²) in [5, 5.41) is 7.17. The van der Waals surface area contributed by atoms with Crippen LogP contribution in [0.25, 0.3) is 44.4 Å². The Balaban J connectivity index is 1.39. The fourth-order valence-corrected chi connectivity index (χ4v) is 4.89. The predicted molar refractivity (Wildman–Crippen MR) is 152 cm³/mol. The van der Waals surface area contributed by atoms with E-state index in [1.165, 1.54) is 10.2 Å². The molecule has 3 aromatic heterocycles. The first-order chi connectivity index (χ1) is 18.7. The molecule has 0 radical (unpaired) electrons. The van der Waals surface area contributed by atoms with Crippen LogP contribution in [0.1, 0.15) is 11.1 Å². The normalized spacial score (nSPS) is 11.8. The van der Waals surface area contributed by atoms with Gasteiger partial charge in [0, 0.05) is 34.6 Å². The lowest BCUT2D eigenvalue weighted by atomic mass is 10.2. The van der Waals surface area contributed by atoms with Gasteiger partial charge in [-0.25, -0.2) is 4.98 Å². The van der Waals surface area contributed by atoms with Gasteiger partial charge in [-0.15, -0.1) is 0 Å². The molecule has 6 nitrogen and oxygen atoms in total. The molecular weight excluding hydrogens is 472 g/mol. The molecule has 182 valence electrons. The highest BCUT2D eigenvalue weighted by atomic mass is 16.3. The van der Waals surface area contributed by atoms with E-state index in [4.69, 9.17) is 9.40 Å². The number of nitrogens with zero attached hydrogens (tertiary/aromatic N) is 4. The molecule has 7 aromatic rings. The van der Waals surface area contributed by atoms with Gasteiger partial charge in [-0.05, 0) is 35.9 Å². The molecule has 0 aliphatic carbocycles. The minimum Gasteiger partial charge on any atom is -0.453 e. The van der Waals surface area contributed by atoms with Gasteiger partial charge in [-0.1, -0.05) is 78.9 Å². The molecule has 0 unspecified atom stereocenters. The van der Waals surface area contributed by atoms with Crippen LogP contribution in [-0.4, -0.2) is 20.4 Å². The summed E-state index contributed by atoms with van der Waals surface area (Å²) in [4.78, 5) is 18.4. The van der Waals surface area contributed by atoms with E-state index < -0.39 is 0 Å². The first kappa shape index (κ1) is 22.0. The Morgan fingerprint density at radius 1 is 0.816 bits per heavy atom. The Bertz CT molecular complexity index is 2000. The Morgan fingerprint density at radius 2 is 1.55 bits per heavy atom. The molecule has 0 aliphatic rings. The summed E-state index contributed by atoms with van der Waals surface area (Å²) in [5.41, 5.74) is 4.28. The Morgan fingerprint density at radius 3 is 2.42 bits per heavy atom. The smallest absolute Gasteiger partial charge is 0.282 e. The highest BCUT2D eigenvalue weighted by molar-refractivity contribution is 5.99. The van der Waals surface area contributed by atoms with Crippen molar-refractivity contribution >= 4 is 39.0 Å². The number of para-hydroxylation sites is 3. The molecule has 4 aromatic carbocycles. The third-order valence-corrected chi connectivity index (χ3v) is 6.73. The number of furan rings is 1. The topological polar surface area (TPSA) is 65.3 Å². The summed E-state index contributed by atoms with van der Waals surface area (Å²) < 4.78 is 9.63. The maximum Gasteiger partial charge on any atom is 0.282 e. The number of rotatable bonds is 5. The van der Waals surface area contributed by atoms with Crippen molar-refractivity contribution in [3.05, 3.63) is 137 Å². The molecule has 3 heterocycles. The van der Waals surface area contributed by atoms with E-state index in [9.17, 15) is 4.79 Å². The predicted octanol–water partition coefficient (Wildman–Crippen LogP) is 6.69. The molecule has 0 atom stereocenters. The molecule has 0 saturated heterocycles. The van der Waals surface area contributed by atoms with Crippen LogP contribution in [0.5, 0.6) is 0 Å². The quantitative estimate of drug-likeness (QED) is 0.250. The van der Waals surface area contributed by atoms with Gasteiger partial charge in [0.2, 0.25) is 5.82 Å². The third-order valence-electron chi connectivity index (χ3n) is 6.73. The van der Waals surface area contributed by atoms with Crippen LogP contribution in [-0.2, 0) is 6.54 Å². The summed E-state index contributed by atoms with van der Waals surface area (Å²) in [6, 6.07) is 35.5. The summed E-state index contributed by atoms with van der Waals surface area (Å²) in [7, 11) is 0. The summed E-state index contributed by atoms with van der Waals surface area (Å²) in [5.74, 6) is 0.840. The summed E-state index contributed by atoms with van der Waals surface area (Å²) in [6.45, 7) is 0.733. The lowest BCUT2D eigenvalue weighted by molar-refractivity contribution is 0.616. The minimum absolute atomic E-state index is 0.254. The summed E-state index contributed by atoms with van der Waals surface area (Å²) >= 11 is 0.